The zero-order valence-corrected chi connectivity index (χ0v) is 16.3. The van der Waals surface area contributed by atoms with E-state index in [1.54, 1.807) is 0 Å². The van der Waals surface area contributed by atoms with Gasteiger partial charge in [0.1, 0.15) is 4.32 Å². The van der Waals surface area contributed by atoms with Gasteiger partial charge in [0.2, 0.25) is 0 Å². The number of rotatable bonds is 8. The van der Waals surface area contributed by atoms with E-state index in [1.165, 1.54) is 11.1 Å². The highest BCUT2D eigenvalue weighted by molar-refractivity contribution is 8.10. The van der Waals surface area contributed by atoms with E-state index in [9.17, 15) is 0 Å². The largest absolute Gasteiger partial charge is 0.344 e. The molecule has 0 aromatic heterocycles. The summed E-state index contributed by atoms with van der Waals surface area (Å²) in [4.78, 5) is 2.34. The van der Waals surface area contributed by atoms with Gasteiger partial charge >= 0.3 is 0 Å². The van der Waals surface area contributed by atoms with Crippen LogP contribution in [0.5, 0.6) is 0 Å². The highest BCUT2D eigenvalue weighted by atomic mass is 32.1. The van der Waals surface area contributed by atoms with Gasteiger partial charge in [0.25, 0.3) is 0 Å². The molecule has 3 heteroatoms. The first-order chi connectivity index (χ1) is 11.7. The standard InChI is InChI=1S/C21H27NS2/c1-3-11-19(17-13-7-5-8-14-17)22(21(23)24)20(12-4-2)18-15-9-6-10-16-18/h5-10,13-16,19-20H,3-4,11-12H2,1-2H3,(H,23,24). The van der Waals surface area contributed by atoms with Crippen molar-refractivity contribution in [1.29, 1.82) is 0 Å². The summed E-state index contributed by atoms with van der Waals surface area (Å²) in [5.41, 5.74) is 2.63. The van der Waals surface area contributed by atoms with Crippen LogP contribution in [-0.4, -0.2) is 9.22 Å². The fourth-order valence-corrected chi connectivity index (χ4v) is 3.85. The molecule has 0 fully saturated rings. The van der Waals surface area contributed by atoms with Crippen molar-refractivity contribution in [2.75, 3.05) is 0 Å². The Kier molecular flexibility index (Phi) is 7.80. The topological polar surface area (TPSA) is 3.24 Å². The quantitative estimate of drug-likeness (QED) is 0.419. The molecule has 0 aliphatic heterocycles. The minimum Gasteiger partial charge on any atom is -0.344 e. The molecule has 0 spiro atoms. The minimum absolute atomic E-state index is 0.262. The molecule has 2 unspecified atom stereocenters. The Balaban J connectivity index is 2.45. The third-order valence-electron chi connectivity index (χ3n) is 4.39. The van der Waals surface area contributed by atoms with Crippen molar-refractivity contribution < 1.29 is 0 Å². The molecule has 0 heterocycles. The Hall–Kier alpha value is -1.32. The van der Waals surface area contributed by atoms with Gasteiger partial charge in [0, 0.05) is 0 Å². The van der Waals surface area contributed by atoms with E-state index < -0.39 is 0 Å². The van der Waals surface area contributed by atoms with Crippen molar-refractivity contribution in [3.8, 4) is 0 Å². The summed E-state index contributed by atoms with van der Waals surface area (Å²) in [7, 11) is 0. The average molecular weight is 358 g/mol. The van der Waals surface area contributed by atoms with E-state index in [0.29, 0.717) is 4.32 Å². The fraction of sp³-hybridized carbons (Fsp3) is 0.381. The summed E-state index contributed by atoms with van der Waals surface area (Å²) < 4.78 is 0.680. The Labute approximate surface area is 157 Å². The van der Waals surface area contributed by atoms with Crippen LogP contribution in [0.15, 0.2) is 60.7 Å². The van der Waals surface area contributed by atoms with Crippen LogP contribution in [0, 0.1) is 0 Å². The molecule has 0 saturated heterocycles. The van der Waals surface area contributed by atoms with Crippen LogP contribution in [0.4, 0.5) is 0 Å². The normalized spacial score (nSPS) is 13.3. The molecule has 0 aliphatic rings. The summed E-state index contributed by atoms with van der Waals surface area (Å²) in [6.07, 6.45) is 4.36. The monoisotopic (exact) mass is 357 g/mol. The van der Waals surface area contributed by atoms with Crippen molar-refractivity contribution >= 4 is 29.2 Å². The SMILES string of the molecule is CCCC(c1ccccc1)N(C(=S)S)C(CCC)c1ccccc1. The van der Waals surface area contributed by atoms with Crippen LogP contribution in [0.25, 0.3) is 0 Å². The van der Waals surface area contributed by atoms with Gasteiger partial charge in [-0.05, 0) is 24.0 Å². The zero-order valence-electron chi connectivity index (χ0n) is 14.6. The van der Waals surface area contributed by atoms with E-state index in [4.69, 9.17) is 12.2 Å². The molecule has 0 saturated carbocycles. The van der Waals surface area contributed by atoms with Crippen molar-refractivity contribution in [1.82, 2.24) is 4.90 Å². The van der Waals surface area contributed by atoms with Gasteiger partial charge in [-0.3, -0.25) is 0 Å². The van der Waals surface area contributed by atoms with E-state index in [0.717, 1.165) is 25.7 Å². The molecule has 0 aliphatic carbocycles. The van der Waals surface area contributed by atoms with Gasteiger partial charge in [-0.15, -0.1) is 12.6 Å². The lowest BCUT2D eigenvalue weighted by Gasteiger charge is -2.39. The predicted octanol–water partition coefficient (Wildman–Crippen LogP) is 6.59. The lowest BCUT2D eigenvalue weighted by atomic mass is 9.94. The van der Waals surface area contributed by atoms with Crippen LogP contribution in [0.3, 0.4) is 0 Å². The molecule has 2 rings (SSSR count). The fourth-order valence-electron chi connectivity index (χ4n) is 3.31. The van der Waals surface area contributed by atoms with Crippen LogP contribution in [0.1, 0.15) is 62.7 Å². The molecular weight excluding hydrogens is 330 g/mol. The molecule has 24 heavy (non-hydrogen) atoms. The third-order valence-corrected chi connectivity index (χ3v) is 4.83. The van der Waals surface area contributed by atoms with Crippen molar-refractivity contribution in [3.05, 3.63) is 71.8 Å². The summed E-state index contributed by atoms with van der Waals surface area (Å²) >= 11 is 10.2. The van der Waals surface area contributed by atoms with E-state index in [1.807, 2.05) is 0 Å². The van der Waals surface area contributed by atoms with Gasteiger partial charge in [-0.25, -0.2) is 0 Å². The van der Waals surface area contributed by atoms with Gasteiger partial charge in [0.15, 0.2) is 0 Å². The van der Waals surface area contributed by atoms with Gasteiger partial charge in [-0.1, -0.05) is 99.6 Å². The van der Waals surface area contributed by atoms with Gasteiger partial charge in [0.05, 0.1) is 12.1 Å². The molecular formula is C21H27NS2. The van der Waals surface area contributed by atoms with E-state index in [-0.39, 0.29) is 12.1 Å². The van der Waals surface area contributed by atoms with Crippen LogP contribution in [0.2, 0.25) is 0 Å². The highest BCUT2D eigenvalue weighted by Gasteiger charge is 2.28. The molecule has 2 aromatic rings. The first-order valence-corrected chi connectivity index (χ1v) is 9.65. The van der Waals surface area contributed by atoms with E-state index >= 15 is 0 Å². The summed E-state index contributed by atoms with van der Waals surface area (Å²) in [5.74, 6) is 0. The van der Waals surface area contributed by atoms with Gasteiger partial charge in [-0.2, -0.15) is 0 Å². The van der Waals surface area contributed by atoms with Gasteiger partial charge < -0.3 is 4.90 Å². The number of thiocarbonyl (C=S) groups is 1. The number of hydrogen-bond acceptors (Lipinski definition) is 1. The molecule has 0 radical (unpaired) electrons. The highest BCUT2D eigenvalue weighted by Crippen LogP contribution is 2.37. The summed E-state index contributed by atoms with van der Waals surface area (Å²) in [6.45, 7) is 4.46. The Morgan fingerprint density at radius 1 is 0.833 bits per heavy atom. The molecule has 1 nitrogen and oxygen atoms in total. The van der Waals surface area contributed by atoms with Crippen LogP contribution < -0.4 is 0 Å². The molecule has 0 bridgehead atoms. The van der Waals surface area contributed by atoms with Crippen molar-refractivity contribution in [2.45, 2.75) is 51.6 Å². The molecule has 128 valence electrons. The maximum Gasteiger partial charge on any atom is 0.134 e. The first kappa shape index (κ1) is 19.0. The van der Waals surface area contributed by atoms with Crippen molar-refractivity contribution in [3.63, 3.8) is 0 Å². The molecule has 2 atom stereocenters. The maximum atomic E-state index is 5.59. The second-order valence-corrected chi connectivity index (χ2v) is 7.23. The first-order valence-electron chi connectivity index (χ1n) is 8.80. The average Bonchev–Trinajstić information content (AvgIpc) is 2.61. The van der Waals surface area contributed by atoms with Crippen LogP contribution >= 0.6 is 24.8 Å². The van der Waals surface area contributed by atoms with Crippen LogP contribution in [-0.2, 0) is 0 Å². The third kappa shape index (κ3) is 4.84. The smallest absolute Gasteiger partial charge is 0.134 e. The second kappa shape index (κ2) is 9.85. The number of thiol groups is 1. The predicted molar refractivity (Wildman–Crippen MR) is 112 cm³/mol. The van der Waals surface area contributed by atoms with Crippen molar-refractivity contribution in [2.24, 2.45) is 0 Å². The number of nitrogens with zero attached hydrogens (tertiary/aromatic N) is 1. The number of hydrogen-bond donors (Lipinski definition) is 1. The second-order valence-electron chi connectivity index (χ2n) is 6.12. The zero-order chi connectivity index (χ0) is 17.4. The molecule has 2 aromatic carbocycles. The molecule has 0 N–H and O–H groups in total. The molecule has 0 amide bonds. The lowest BCUT2D eigenvalue weighted by molar-refractivity contribution is 0.223. The Morgan fingerprint density at radius 3 is 1.50 bits per heavy atom. The Bertz CT molecular complexity index is 563. The number of benzene rings is 2. The summed E-state index contributed by atoms with van der Waals surface area (Å²) in [6, 6.07) is 21.9. The Morgan fingerprint density at radius 2 is 1.21 bits per heavy atom. The lowest BCUT2D eigenvalue weighted by Crippen LogP contribution is -2.35. The maximum absolute atomic E-state index is 5.59. The summed E-state index contributed by atoms with van der Waals surface area (Å²) in [5, 5.41) is 0. The minimum atomic E-state index is 0.262. The van der Waals surface area contributed by atoms with E-state index in [2.05, 4.69) is 92.0 Å².